The molecule has 0 fully saturated rings. The molecule has 0 bridgehead atoms. The second kappa shape index (κ2) is 5.98. The molecule has 0 amide bonds. The van der Waals surface area contributed by atoms with Crippen LogP contribution in [-0.2, 0) is 0 Å². The van der Waals surface area contributed by atoms with Gasteiger partial charge in [0.25, 0.3) is 0 Å². The summed E-state index contributed by atoms with van der Waals surface area (Å²) in [7, 11) is 1.60. The minimum absolute atomic E-state index is 0.0119. The second-order valence-electron chi connectivity index (χ2n) is 3.59. The number of hydrogen-bond donors (Lipinski definition) is 0. The van der Waals surface area contributed by atoms with E-state index in [4.69, 9.17) is 4.74 Å². The summed E-state index contributed by atoms with van der Waals surface area (Å²) in [5.41, 5.74) is 0.655. The van der Waals surface area contributed by atoms with Crippen molar-refractivity contribution in [2.24, 2.45) is 0 Å². The van der Waals surface area contributed by atoms with Crippen molar-refractivity contribution in [2.45, 2.75) is 0 Å². The van der Waals surface area contributed by atoms with Gasteiger partial charge in [-0.1, -0.05) is 0 Å². The summed E-state index contributed by atoms with van der Waals surface area (Å²) in [6.45, 7) is 0. The molecule has 0 saturated heterocycles. The topological polar surface area (TPSA) is 26.3 Å². The van der Waals surface area contributed by atoms with Crippen LogP contribution in [0.4, 0.5) is 0 Å². The Labute approximate surface area is 118 Å². The molecule has 4 heteroatoms. The molecule has 0 aliphatic carbocycles. The summed E-state index contributed by atoms with van der Waals surface area (Å²) in [6.07, 6.45) is 3.40. The second-order valence-corrected chi connectivity index (χ2v) is 5.45. The SMILES string of the molecule is COc1ccc(C(=O)C=Cc2cc(Br)cs2)cc1. The molecule has 92 valence electrons. The van der Waals surface area contributed by atoms with E-state index in [0.29, 0.717) is 5.56 Å². The lowest BCUT2D eigenvalue weighted by Gasteiger charge is -1.99. The lowest BCUT2D eigenvalue weighted by molar-refractivity contribution is 0.104. The molecule has 2 aromatic rings. The van der Waals surface area contributed by atoms with Crippen molar-refractivity contribution in [2.75, 3.05) is 7.11 Å². The Hall–Kier alpha value is -1.39. The molecule has 0 spiro atoms. The lowest BCUT2D eigenvalue weighted by atomic mass is 10.1. The van der Waals surface area contributed by atoms with Crippen LogP contribution < -0.4 is 4.74 Å². The number of thiophene rings is 1. The Kier molecular flexibility index (Phi) is 4.33. The summed E-state index contributed by atoms with van der Waals surface area (Å²) in [4.78, 5) is 12.9. The minimum Gasteiger partial charge on any atom is -0.497 e. The molecular weight excluding hydrogens is 312 g/mol. The van der Waals surface area contributed by atoms with Crippen LogP contribution in [-0.4, -0.2) is 12.9 Å². The first-order chi connectivity index (χ1) is 8.69. The summed E-state index contributed by atoms with van der Waals surface area (Å²) in [5, 5.41) is 1.98. The zero-order chi connectivity index (χ0) is 13.0. The number of benzene rings is 1. The summed E-state index contributed by atoms with van der Waals surface area (Å²) < 4.78 is 6.08. The van der Waals surface area contributed by atoms with E-state index in [-0.39, 0.29) is 5.78 Å². The maximum atomic E-state index is 11.9. The molecule has 0 atom stereocenters. The van der Waals surface area contributed by atoms with Crippen LogP contribution in [0.1, 0.15) is 15.2 Å². The van der Waals surface area contributed by atoms with E-state index >= 15 is 0 Å². The number of ether oxygens (including phenoxy) is 1. The maximum absolute atomic E-state index is 11.9. The van der Waals surface area contributed by atoms with Gasteiger partial charge in [-0.05, 0) is 58.4 Å². The third kappa shape index (κ3) is 3.31. The molecule has 1 heterocycles. The molecule has 0 saturated carbocycles. The highest BCUT2D eigenvalue weighted by Crippen LogP contribution is 2.21. The predicted molar refractivity (Wildman–Crippen MR) is 78.4 cm³/mol. The van der Waals surface area contributed by atoms with Gasteiger partial charge in [0.15, 0.2) is 5.78 Å². The van der Waals surface area contributed by atoms with Crippen LogP contribution in [0.25, 0.3) is 6.08 Å². The van der Waals surface area contributed by atoms with Crippen molar-refractivity contribution in [1.82, 2.24) is 0 Å². The van der Waals surface area contributed by atoms with Gasteiger partial charge in [0.05, 0.1) is 7.11 Å². The van der Waals surface area contributed by atoms with Gasteiger partial charge in [-0.3, -0.25) is 4.79 Å². The Morgan fingerprint density at radius 3 is 2.61 bits per heavy atom. The van der Waals surface area contributed by atoms with Crippen LogP contribution in [0.5, 0.6) is 5.75 Å². The van der Waals surface area contributed by atoms with Crippen molar-refractivity contribution >= 4 is 39.1 Å². The van der Waals surface area contributed by atoms with E-state index in [9.17, 15) is 4.79 Å². The molecule has 2 rings (SSSR count). The van der Waals surface area contributed by atoms with E-state index in [1.807, 2.05) is 17.5 Å². The van der Waals surface area contributed by atoms with Crippen LogP contribution in [0.3, 0.4) is 0 Å². The first-order valence-electron chi connectivity index (χ1n) is 5.29. The first-order valence-corrected chi connectivity index (χ1v) is 6.97. The van der Waals surface area contributed by atoms with Gasteiger partial charge in [-0.2, -0.15) is 0 Å². The summed E-state index contributed by atoms with van der Waals surface area (Å²) in [6, 6.07) is 9.06. The maximum Gasteiger partial charge on any atom is 0.185 e. The molecule has 1 aromatic heterocycles. The highest BCUT2D eigenvalue weighted by molar-refractivity contribution is 9.10. The van der Waals surface area contributed by atoms with Gasteiger partial charge < -0.3 is 4.74 Å². The number of hydrogen-bond acceptors (Lipinski definition) is 3. The number of allylic oxidation sites excluding steroid dienone is 1. The van der Waals surface area contributed by atoms with Crippen LogP contribution in [0.15, 0.2) is 46.3 Å². The molecule has 0 radical (unpaired) electrons. The lowest BCUT2D eigenvalue weighted by Crippen LogP contribution is -1.93. The Morgan fingerprint density at radius 1 is 1.33 bits per heavy atom. The molecular formula is C14H11BrO2S. The monoisotopic (exact) mass is 322 g/mol. The normalized spacial score (nSPS) is 10.8. The first kappa shape index (κ1) is 13.1. The number of rotatable bonds is 4. The highest BCUT2D eigenvalue weighted by atomic mass is 79.9. The Balaban J connectivity index is 2.09. The van der Waals surface area contributed by atoms with Crippen molar-refractivity contribution in [1.29, 1.82) is 0 Å². The smallest absolute Gasteiger partial charge is 0.185 e. The van der Waals surface area contributed by atoms with Gasteiger partial charge >= 0.3 is 0 Å². The fraction of sp³-hybridized carbons (Fsp3) is 0.0714. The van der Waals surface area contributed by atoms with Gasteiger partial charge in [0, 0.05) is 20.3 Å². The van der Waals surface area contributed by atoms with Crippen molar-refractivity contribution in [3.63, 3.8) is 0 Å². The zero-order valence-corrected chi connectivity index (χ0v) is 12.1. The third-order valence-electron chi connectivity index (χ3n) is 2.36. The molecule has 0 N–H and O–H groups in total. The number of ketones is 1. The van der Waals surface area contributed by atoms with Crippen molar-refractivity contribution in [3.05, 3.63) is 56.7 Å². The number of methoxy groups -OCH3 is 1. The van der Waals surface area contributed by atoms with Crippen molar-refractivity contribution in [3.8, 4) is 5.75 Å². The van der Waals surface area contributed by atoms with E-state index in [0.717, 1.165) is 15.1 Å². The highest BCUT2D eigenvalue weighted by Gasteiger charge is 2.02. The minimum atomic E-state index is -0.0119. The zero-order valence-electron chi connectivity index (χ0n) is 9.72. The molecule has 0 unspecified atom stereocenters. The molecule has 18 heavy (non-hydrogen) atoms. The number of carbonyl (C=O) groups excluding carboxylic acids is 1. The van der Waals surface area contributed by atoms with Crippen LogP contribution >= 0.6 is 27.3 Å². The quantitative estimate of drug-likeness (QED) is 0.615. The third-order valence-corrected chi connectivity index (χ3v) is 4.02. The molecule has 0 aliphatic heterocycles. The summed E-state index contributed by atoms with van der Waals surface area (Å²) in [5.74, 6) is 0.736. The van der Waals surface area contributed by atoms with Gasteiger partial charge in [0.2, 0.25) is 0 Å². The number of halogens is 1. The van der Waals surface area contributed by atoms with E-state index in [1.165, 1.54) is 0 Å². The van der Waals surface area contributed by atoms with Crippen molar-refractivity contribution < 1.29 is 9.53 Å². The largest absolute Gasteiger partial charge is 0.497 e. The van der Waals surface area contributed by atoms with E-state index < -0.39 is 0 Å². The molecule has 2 nitrogen and oxygen atoms in total. The van der Waals surface area contributed by atoms with Gasteiger partial charge in [-0.25, -0.2) is 0 Å². The Morgan fingerprint density at radius 2 is 2.06 bits per heavy atom. The number of carbonyl (C=O) groups is 1. The Bertz CT molecular complexity index is 570. The van der Waals surface area contributed by atoms with Gasteiger partial charge in [0.1, 0.15) is 5.75 Å². The average molecular weight is 323 g/mol. The van der Waals surface area contributed by atoms with Crippen LogP contribution in [0.2, 0.25) is 0 Å². The predicted octanol–water partition coefficient (Wildman–Crippen LogP) is 4.42. The van der Waals surface area contributed by atoms with E-state index in [1.54, 1.807) is 48.8 Å². The fourth-order valence-electron chi connectivity index (χ4n) is 1.43. The van der Waals surface area contributed by atoms with Gasteiger partial charge in [-0.15, -0.1) is 11.3 Å². The van der Waals surface area contributed by atoms with Crippen LogP contribution in [0, 0.1) is 0 Å². The fourth-order valence-corrected chi connectivity index (χ4v) is 2.76. The standard InChI is InChI=1S/C14H11BrO2S/c1-17-12-4-2-10(3-5-12)14(16)7-6-13-8-11(15)9-18-13/h2-9H,1H3. The molecule has 0 aliphatic rings. The summed E-state index contributed by atoms with van der Waals surface area (Å²) >= 11 is 4.96. The molecule has 1 aromatic carbocycles. The average Bonchev–Trinajstić information content (AvgIpc) is 2.82. The van der Waals surface area contributed by atoms with E-state index in [2.05, 4.69) is 15.9 Å².